The number of aromatic nitrogens is 3. The van der Waals surface area contributed by atoms with Crippen LogP contribution in [0.3, 0.4) is 0 Å². The lowest BCUT2D eigenvalue weighted by Crippen LogP contribution is -2.31. The van der Waals surface area contributed by atoms with Gasteiger partial charge in [-0.05, 0) is 80.4 Å². The number of carbonyl (C=O) groups is 2. The highest BCUT2D eigenvalue weighted by Crippen LogP contribution is 2.39. The van der Waals surface area contributed by atoms with Crippen LogP contribution in [-0.2, 0) is 15.4 Å². The summed E-state index contributed by atoms with van der Waals surface area (Å²) in [6.07, 6.45) is 3.29. The minimum Gasteiger partial charge on any atom is -0.492 e. The van der Waals surface area contributed by atoms with Crippen molar-refractivity contribution < 1.29 is 22.7 Å². The number of amides is 2. The molecular weight excluding hydrogens is 618 g/mol. The van der Waals surface area contributed by atoms with Crippen LogP contribution in [0.25, 0.3) is 5.69 Å². The normalized spacial score (nSPS) is 12.4. The first kappa shape index (κ1) is 35.1. The lowest BCUT2D eigenvalue weighted by Gasteiger charge is -2.24. The Morgan fingerprint density at radius 1 is 1.00 bits per heavy atom. The van der Waals surface area contributed by atoms with E-state index in [1.54, 1.807) is 30.3 Å². The van der Waals surface area contributed by atoms with E-state index in [0.717, 1.165) is 29.5 Å². The molecule has 12 nitrogen and oxygen atoms in total. The Kier molecular flexibility index (Phi) is 10.7. The van der Waals surface area contributed by atoms with E-state index in [-0.39, 0.29) is 34.5 Å². The highest BCUT2D eigenvalue weighted by molar-refractivity contribution is 7.92. The number of hydrogen-bond donors (Lipinski definition) is 3. The van der Waals surface area contributed by atoms with Crippen LogP contribution in [0.1, 0.15) is 70.8 Å². The van der Waals surface area contributed by atoms with Crippen LogP contribution in [0, 0.1) is 6.92 Å². The second-order valence-corrected chi connectivity index (χ2v) is 14.5. The van der Waals surface area contributed by atoms with E-state index in [9.17, 15) is 18.0 Å². The fraction of sp³-hybridized carbons (Fsp3) is 0.353. The van der Waals surface area contributed by atoms with Gasteiger partial charge in [0.25, 0.3) is 11.8 Å². The van der Waals surface area contributed by atoms with E-state index in [0.29, 0.717) is 23.4 Å². The van der Waals surface area contributed by atoms with Crippen LogP contribution < -0.4 is 20.1 Å². The summed E-state index contributed by atoms with van der Waals surface area (Å²) in [5.41, 5.74) is 3.75. The molecule has 4 rings (SSSR count). The zero-order valence-corrected chi connectivity index (χ0v) is 28.9. The van der Waals surface area contributed by atoms with Crippen molar-refractivity contribution in [2.45, 2.75) is 45.6 Å². The Morgan fingerprint density at radius 3 is 2.30 bits per heavy atom. The first-order chi connectivity index (χ1) is 22.1. The number of nitrogens with zero attached hydrogens (tertiary/aromatic N) is 4. The molecule has 2 amide bonds. The van der Waals surface area contributed by atoms with Crippen molar-refractivity contribution in [3.63, 3.8) is 0 Å². The van der Waals surface area contributed by atoms with E-state index >= 15 is 0 Å². The summed E-state index contributed by atoms with van der Waals surface area (Å²) in [5.74, 6) is -0.638. The third-order valence-corrected chi connectivity index (χ3v) is 8.11. The van der Waals surface area contributed by atoms with Gasteiger partial charge >= 0.3 is 0 Å². The monoisotopic (exact) mass is 661 g/mol. The van der Waals surface area contributed by atoms with Crippen LogP contribution in [0.2, 0.25) is 0 Å². The summed E-state index contributed by atoms with van der Waals surface area (Å²) in [6.45, 7) is 8.59. The Bertz CT molecular complexity index is 1850. The number of ether oxygens (including phenoxy) is 1. The van der Waals surface area contributed by atoms with Crippen molar-refractivity contribution in [3.8, 4) is 11.4 Å². The molecule has 0 radical (unpaired) electrons. The number of benzene rings is 3. The first-order valence-corrected chi connectivity index (χ1v) is 17.0. The lowest BCUT2D eigenvalue weighted by molar-refractivity contribution is 0.0927. The third-order valence-electron chi connectivity index (χ3n) is 7.52. The summed E-state index contributed by atoms with van der Waals surface area (Å²) < 4.78 is 33.7. The fourth-order valence-corrected chi connectivity index (χ4v) is 5.51. The smallest absolute Gasteiger partial charge is 0.273 e. The van der Waals surface area contributed by atoms with Gasteiger partial charge in [0.2, 0.25) is 10.0 Å². The minimum atomic E-state index is -3.63. The Hall–Kier alpha value is -4.75. The maximum absolute atomic E-state index is 13.6. The van der Waals surface area contributed by atoms with E-state index in [2.05, 4.69) is 30.6 Å². The number of anilines is 2. The topological polar surface area (TPSA) is 148 Å². The average Bonchev–Trinajstić information content (AvgIpc) is 3.49. The zero-order chi connectivity index (χ0) is 34.5. The number of aryl methyl sites for hydroxylation is 1. The van der Waals surface area contributed by atoms with Gasteiger partial charge in [-0.15, -0.1) is 5.10 Å². The largest absolute Gasteiger partial charge is 0.492 e. The number of sulfonamides is 1. The van der Waals surface area contributed by atoms with E-state index in [4.69, 9.17) is 4.74 Å². The van der Waals surface area contributed by atoms with Crippen LogP contribution in [0.5, 0.6) is 5.75 Å². The molecule has 4 aromatic rings. The van der Waals surface area contributed by atoms with Crippen LogP contribution in [0.15, 0.2) is 66.9 Å². The molecule has 0 spiro atoms. The van der Waals surface area contributed by atoms with Gasteiger partial charge in [0, 0.05) is 5.56 Å². The quantitative estimate of drug-likeness (QED) is 0.194. The molecule has 3 aromatic carbocycles. The average molecular weight is 662 g/mol. The lowest BCUT2D eigenvalue weighted by atomic mass is 9.86. The van der Waals surface area contributed by atoms with Crippen molar-refractivity contribution in [2.75, 3.05) is 44.0 Å². The van der Waals surface area contributed by atoms with Gasteiger partial charge in [-0.3, -0.25) is 14.3 Å². The van der Waals surface area contributed by atoms with Crippen molar-refractivity contribution >= 4 is 33.2 Å². The van der Waals surface area contributed by atoms with Crippen LogP contribution >= 0.6 is 0 Å². The molecule has 0 aliphatic carbocycles. The standard InChI is InChI=1S/C34H43N7O5S/c1-22-14-15-24(32(42)36-27-19-25(34(2,3)4)20-28(31(27)46-7)38-47(8,44)45)18-30(22)41-21-29(37-39-41)33(43)35-26(16-17-40(5)6)23-12-10-9-11-13-23/h9-15,18-21,26,38H,16-17H2,1-8H3,(H,35,43)(H,36,42). The van der Waals surface area contributed by atoms with Crippen molar-refractivity contribution in [2.24, 2.45) is 0 Å². The van der Waals surface area contributed by atoms with Gasteiger partial charge < -0.3 is 20.3 Å². The van der Waals surface area contributed by atoms with Gasteiger partial charge in [-0.25, -0.2) is 13.1 Å². The molecule has 1 atom stereocenters. The molecule has 1 aromatic heterocycles. The summed E-state index contributed by atoms with van der Waals surface area (Å²) in [6, 6.07) is 18.1. The van der Waals surface area contributed by atoms with Crippen molar-refractivity contribution in [1.29, 1.82) is 0 Å². The molecule has 250 valence electrons. The maximum Gasteiger partial charge on any atom is 0.273 e. The molecule has 47 heavy (non-hydrogen) atoms. The molecule has 0 saturated carbocycles. The molecule has 0 bridgehead atoms. The second kappa shape index (κ2) is 14.3. The molecule has 1 unspecified atom stereocenters. The molecule has 1 heterocycles. The highest BCUT2D eigenvalue weighted by atomic mass is 32.2. The molecule has 3 N–H and O–H groups in total. The number of hydrogen-bond acceptors (Lipinski definition) is 8. The first-order valence-electron chi connectivity index (χ1n) is 15.1. The predicted octanol–water partition coefficient (Wildman–Crippen LogP) is 4.93. The molecule has 13 heteroatoms. The molecular formula is C34H43N7O5S. The Balaban J connectivity index is 1.60. The Morgan fingerprint density at radius 2 is 1.68 bits per heavy atom. The van der Waals surface area contributed by atoms with E-state index in [1.807, 2.05) is 72.1 Å². The van der Waals surface area contributed by atoms with Crippen LogP contribution in [-0.4, -0.2) is 74.1 Å². The van der Waals surface area contributed by atoms with Crippen LogP contribution in [0.4, 0.5) is 11.4 Å². The van der Waals surface area contributed by atoms with Gasteiger partial charge in [0.05, 0.1) is 42.7 Å². The molecule has 0 aliphatic rings. The molecule has 0 aliphatic heterocycles. The van der Waals surface area contributed by atoms with Gasteiger partial charge in [-0.2, -0.15) is 0 Å². The summed E-state index contributed by atoms with van der Waals surface area (Å²) in [7, 11) is 1.74. The summed E-state index contributed by atoms with van der Waals surface area (Å²) in [4.78, 5) is 29.0. The van der Waals surface area contributed by atoms with Crippen molar-refractivity contribution in [1.82, 2.24) is 25.2 Å². The van der Waals surface area contributed by atoms with Gasteiger partial charge in [-0.1, -0.05) is 62.4 Å². The second-order valence-electron chi connectivity index (χ2n) is 12.8. The predicted molar refractivity (Wildman–Crippen MR) is 184 cm³/mol. The highest BCUT2D eigenvalue weighted by Gasteiger charge is 2.23. The molecule has 0 saturated heterocycles. The number of carbonyl (C=O) groups excluding carboxylic acids is 2. The number of methoxy groups -OCH3 is 1. The Labute approximate surface area is 276 Å². The SMILES string of the molecule is COc1c(NC(=O)c2ccc(C)c(-n3cc(C(=O)NC(CCN(C)C)c4ccccc4)nn3)c2)cc(C(C)(C)C)cc1NS(C)(=O)=O. The summed E-state index contributed by atoms with van der Waals surface area (Å²) in [5, 5.41) is 14.3. The maximum atomic E-state index is 13.6. The third kappa shape index (κ3) is 9.17. The fourth-order valence-electron chi connectivity index (χ4n) is 4.95. The van der Waals surface area contributed by atoms with E-state index < -0.39 is 15.9 Å². The zero-order valence-electron chi connectivity index (χ0n) is 28.1. The van der Waals surface area contributed by atoms with Gasteiger partial charge in [0.1, 0.15) is 0 Å². The summed E-state index contributed by atoms with van der Waals surface area (Å²) >= 11 is 0. The minimum absolute atomic E-state index is 0.139. The number of nitrogens with one attached hydrogen (secondary N) is 3. The molecule has 0 fully saturated rings. The van der Waals surface area contributed by atoms with Crippen molar-refractivity contribution in [3.05, 3.63) is 94.8 Å². The van der Waals surface area contributed by atoms with E-state index in [1.165, 1.54) is 18.0 Å². The van der Waals surface area contributed by atoms with Gasteiger partial charge in [0.15, 0.2) is 11.4 Å². The number of rotatable bonds is 12.